The fraction of sp³-hybridized carbons (Fsp3) is 0.385. The van der Waals surface area contributed by atoms with Crippen LogP contribution in [0.3, 0.4) is 0 Å². The van der Waals surface area contributed by atoms with Crippen LogP contribution in [0.1, 0.15) is 23.7 Å². The SMILES string of the molecule is CC1CN(C(=O)c2ccc(F)cc2Br)CC/C1=N\O. The number of piperidine rings is 1. The first kappa shape index (κ1) is 14.0. The molecule has 1 atom stereocenters. The molecule has 0 bridgehead atoms. The highest BCUT2D eigenvalue weighted by Gasteiger charge is 2.27. The number of hydrogen-bond acceptors (Lipinski definition) is 3. The highest BCUT2D eigenvalue weighted by Crippen LogP contribution is 2.22. The monoisotopic (exact) mass is 328 g/mol. The second kappa shape index (κ2) is 5.69. The van der Waals surface area contributed by atoms with E-state index in [1.807, 2.05) is 6.92 Å². The number of carbonyl (C=O) groups excluding carboxylic acids is 1. The van der Waals surface area contributed by atoms with E-state index in [1.54, 1.807) is 4.90 Å². The zero-order chi connectivity index (χ0) is 14.0. The Hall–Kier alpha value is -1.43. The van der Waals surface area contributed by atoms with E-state index in [4.69, 9.17) is 5.21 Å². The van der Waals surface area contributed by atoms with E-state index in [-0.39, 0.29) is 17.6 Å². The molecule has 0 saturated carbocycles. The molecule has 0 aliphatic carbocycles. The van der Waals surface area contributed by atoms with E-state index in [0.29, 0.717) is 35.3 Å². The van der Waals surface area contributed by atoms with Crippen LogP contribution in [-0.4, -0.2) is 34.8 Å². The quantitative estimate of drug-likeness (QED) is 0.636. The average molecular weight is 329 g/mol. The molecule has 6 heteroatoms. The minimum Gasteiger partial charge on any atom is -0.411 e. The van der Waals surface area contributed by atoms with E-state index < -0.39 is 0 Å². The second-order valence-electron chi connectivity index (χ2n) is 4.62. The first-order valence-electron chi connectivity index (χ1n) is 5.98. The molecule has 19 heavy (non-hydrogen) atoms. The molecular formula is C13H14BrFN2O2. The lowest BCUT2D eigenvalue weighted by atomic mass is 9.97. The second-order valence-corrected chi connectivity index (χ2v) is 5.47. The molecule has 1 saturated heterocycles. The summed E-state index contributed by atoms with van der Waals surface area (Å²) in [5.74, 6) is -0.497. The van der Waals surface area contributed by atoms with E-state index in [1.165, 1.54) is 18.2 Å². The molecule has 0 radical (unpaired) electrons. The van der Waals surface area contributed by atoms with E-state index in [9.17, 15) is 9.18 Å². The summed E-state index contributed by atoms with van der Waals surface area (Å²) < 4.78 is 13.5. The van der Waals surface area contributed by atoms with Crippen molar-refractivity contribution in [1.29, 1.82) is 0 Å². The van der Waals surface area contributed by atoms with Crippen molar-refractivity contribution < 1.29 is 14.4 Å². The van der Waals surface area contributed by atoms with Gasteiger partial charge < -0.3 is 10.1 Å². The highest BCUT2D eigenvalue weighted by molar-refractivity contribution is 9.10. The van der Waals surface area contributed by atoms with Crippen molar-refractivity contribution in [3.05, 3.63) is 34.1 Å². The molecule has 1 aromatic carbocycles. The standard InChI is InChI=1S/C13H14BrFN2O2/c1-8-7-17(5-4-12(8)16-19)13(18)10-3-2-9(15)6-11(10)14/h2-3,6,8,19H,4-5,7H2,1H3/b16-12+. The Morgan fingerprint density at radius 3 is 2.89 bits per heavy atom. The number of hydrogen-bond donors (Lipinski definition) is 1. The predicted octanol–water partition coefficient (Wildman–Crippen LogP) is 2.90. The van der Waals surface area contributed by atoms with Crippen LogP contribution in [0.4, 0.5) is 4.39 Å². The molecule has 1 fully saturated rings. The van der Waals surface area contributed by atoms with Crippen molar-refractivity contribution >= 4 is 27.5 Å². The van der Waals surface area contributed by atoms with Gasteiger partial charge in [-0.05, 0) is 34.1 Å². The van der Waals surface area contributed by atoms with E-state index in [2.05, 4.69) is 21.1 Å². The molecule has 1 aliphatic heterocycles. The van der Waals surface area contributed by atoms with Gasteiger partial charge in [0.2, 0.25) is 0 Å². The summed E-state index contributed by atoms with van der Waals surface area (Å²) in [5.41, 5.74) is 1.15. The Kier molecular flexibility index (Phi) is 4.19. The van der Waals surface area contributed by atoms with E-state index in [0.717, 1.165) is 0 Å². The Morgan fingerprint density at radius 1 is 1.58 bits per heavy atom. The Bertz CT molecular complexity index is 533. The minimum atomic E-state index is -0.384. The fourth-order valence-electron chi connectivity index (χ4n) is 2.19. The van der Waals surface area contributed by atoms with Crippen molar-refractivity contribution in [1.82, 2.24) is 4.90 Å². The summed E-state index contributed by atoms with van der Waals surface area (Å²) >= 11 is 3.20. The van der Waals surface area contributed by atoms with E-state index >= 15 is 0 Å². The van der Waals surface area contributed by atoms with Crippen LogP contribution in [0.15, 0.2) is 27.8 Å². The lowest BCUT2D eigenvalue weighted by molar-refractivity contribution is 0.0733. The van der Waals surface area contributed by atoms with Gasteiger partial charge in [-0.25, -0.2) is 4.39 Å². The van der Waals surface area contributed by atoms with Crippen LogP contribution in [0.2, 0.25) is 0 Å². The van der Waals surface area contributed by atoms with Crippen molar-refractivity contribution in [2.75, 3.05) is 13.1 Å². The summed E-state index contributed by atoms with van der Waals surface area (Å²) in [6.45, 7) is 2.92. The van der Waals surface area contributed by atoms with Crippen molar-refractivity contribution in [2.45, 2.75) is 13.3 Å². The Morgan fingerprint density at radius 2 is 2.32 bits per heavy atom. The highest BCUT2D eigenvalue weighted by atomic mass is 79.9. The van der Waals surface area contributed by atoms with Gasteiger partial charge in [-0.2, -0.15) is 0 Å². The maximum Gasteiger partial charge on any atom is 0.255 e. The van der Waals surface area contributed by atoms with Crippen molar-refractivity contribution in [2.24, 2.45) is 11.1 Å². The molecule has 102 valence electrons. The lowest BCUT2D eigenvalue weighted by Crippen LogP contribution is -2.43. The molecule has 1 amide bonds. The van der Waals surface area contributed by atoms with Gasteiger partial charge in [0, 0.05) is 29.9 Å². The molecule has 1 aliphatic rings. The molecule has 0 spiro atoms. The summed E-state index contributed by atoms with van der Waals surface area (Å²) in [5, 5.41) is 12.1. The zero-order valence-corrected chi connectivity index (χ0v) is 12.0. The minimum absolute atomic E-state index is 0.0296. The Balaban J connectivity index is 2.17. The van der Waals surface area contributed by atoms with Crippen LogP contribution < -0.4 is 0 Å². The number of halogens is 2. The van der Waals surface area contributed by atoms with Gasteiger partial charge >= 0.3 is 0 Å². The summed E-state index contributed by atoms with van der Waals surface area (Å²) in [6.07, 6.45) is 0.558. The largest absolute Gasteiger partial charge is 0.411 e. The van der Waals surface area contributed by atoms with Crippen molar-refractivity contribution in [3.8, 4) is 0 Å². The number of benzene rings is 1. The zero-order valence-electron chi connectivity index (χ0n) is 10.4. The fourth-order valence-corrected chi connectivity index (χ4v) is 2.71. The first-order chi connectivity index (χ1) is 9.02. The normalized spacial score (nSPS) is 21.7. The van der Waals surface area contributed by atoms with Gasteiger partial charge in [0.05, 0.1) is 11.3 Å². The number of rotatable bonds is 1. The predicted molar refractivity (Wildman–Crippen MR) is 73.0 cm³/mol. The van der Waals surface area contributed by atoms with Crippen LogP contribution in [-0.2, 0) is 0 Å². The third-order valence-electron chi connectivity index (χ3n) is 3.28. The van der Waals surface area contributed by atoms with Crippen LogP contribution in [0.5, 0.6) is 0 Å². The topological polar surface area (TPSA) is 52.9 Å². The maximum atomic E-state index is 13.0. The number of nitrogens with zero attached hydrogens (tertiary/aromatic N) is 2. The first-order valence-corrected chi connectivity index (χ1v) is 6.77. The molecule has 1 heterocycles. The van der Waals surface area contributed by atoms with Gasteiger partial charge in [0.25, 0.3) is 5.91 Å². The maximum absolute atomic E-state index is 13.0. The lowest BCUT2D eigenvalue weighted by Gasteiger charge is -2.31. The molecular weight excluding hydrogens is 315 g/mol. The Labute approximate surface area is 119 Å². The third-order valence-corrected chi connectivity index (χ3v) is 3.93. The van der Waals surface area contributed by atoms with Crippen molar-refractivity contribution in [3.63, 3.8) is 0 Å². The molecule has 1 aromatic rings. The number of oxime groups is 1. The molecule has 1 unspecified atom stereocenters. The van der Waals surface area contributed by atoms with Crippen LogP contribution >= 0.6 is 15.9 Å². The van der Waals surface area contributed by atoms with Gasteiger partial charge in [0.1, 0.15) is 5.82 Å². The van der Waals surface area contributed by atoms with Crippen LogP contribution in [0.25, 0.3) is 0 Å². The smallest absolute Gasteiger partial charge is 0.255 e. The molecule has 1 N–H and O–H groups in total. The molecule has 4 nitrogen and oxygen atoms in total. The summed E-state index contributed by atoms with van der Waals surface area (Å²) in [7, 11) is 0. The van der Waals surface area contributed by atoms with Gasteiger partial charge in [-0.3, -0.25) is 4.79 Å². The number of carbonyl (C=O) groups is 1. The third kappa shape index (κ3) is 2.94. The number of amides is 1. The average Bonchev–Trinajstić information content (AvgIpc) is 2.38. The molecule has 2 rings (SSSR count). The summed E-state index contributed by atoms with van der Waals surface area (Å²) in [4.78, 5) is 14.0. The number of likely N-dealkylation sites (tertiary alicyclic amines) is 1. The van der Waals surface area contributed by atoms with Gasteiger partial charge in [0.15, 0.2) is 0 Å². The van der Waals surface area contributed by atoms with Gasteiger partial charge in [-0.15, -0.1) is 0 Å². The molecule has 0 aromatic heterocycles. The summed E-state index contributed by atoms with van der Waals surface area (Å²) in [6, 6.07) is 4.02. The van der Waals surface area contributed by atoms with Gasteiger partial charge in [-0.1, -0.05) is 12.1 Å². The van der Waals surface area contributed by atoms with Crippen LogP contribution in [0, 0.1) is 11.7 Å².